The number of hydrogen-bond acceptors (Lipinski definition) is 3. The van der Waals surface area contributed by atoms with Crippen LogP contribution in [0.4, 0.5) is 11.4 Å². The van der Waals surface area contributed by atoms with Crippen LogP contribution in [0.3, 0.4) is 0 Å². The minimum absolute atomic E-state index is 0.0902. The Morgan fingerprint density at radius 3 is 2.76 bits per heavy atom. The average Bonchev–Trinajstić information content (AvgIpc) is 3.08. The first-order chi connectivity index (χ1) is 14.3. The Balaban J connectivity index is 1.43. The molecule has 1 spiro atoms. The van der Waals surface area contributed by atoms with Gasteiger partial charge in [0.1, 0.15) is 11.4 Å². The van der Waals surface area contributed by atoms with E-state index in [-0.39, 0.29) is 5.66 Å². The van der Waals surface area contributed by atoms with Gasteiger partial charge in [-0.1, -0.05) is 25.0 Å². The minimum atomic E-state index is 0.0902. The van der Waals surface area contributed by atoms with Gasteiger partial charge in [-0.05, 0) is 87.8 Å². The number of para-hydroxylation sites is 2. The molecule has 1 aromatic carbocycles. The Morgan fingerprint density at radius 1 is 0.966 bits per heavy atom. The molecule has 2 aliphatic heterocycles. The van der Waals surface area contributed by atoms with Gasteiger partial charge < -0.3 is 10.2 Å². The third-order valence-corrected chi connectivity index (χ3v) is 8.69. The Labute approximate surface area is 174 Å². The first kappa shape index (κ1) is 18.0. The van der Waals surface area contributed by atoms with Gasteiger partial charge in [0.05, 0.1) is 11.4 Å². The van der Waals surface area contributed by atoms with Crippen molar-refractivity contribution in [3.8, 4) is 0 Å². The molecular weight excluding hydrogens is 356 g/mol. The fourth-order valence-electron chi connectivity index (χ4n) is 7.42. The molecule has 1 aromatic rings. The van der Waals surface area contributed by atoms with Crippen molar-refractivity contribution in [1.29, 1.82) is 0 Å². The smallest absolute Gasteiger partial charge is 0.135 e. The summed E-state index contributed by atoms with van der Waals surface area (Å²) < 4.78 is 0. The van der Waals surface area contributed by atoms with Crippen LogP contribution in [0.5, 0.6) is 0 Å². The summed E-state index contributed by atoms with van der Waals surface area (Å²) in [6, 6.07) is 8.98. The summed E-state index contributed by atoms with van der Waals surface area (Å²) in [4.78, 5) is 15.4. The molecule has 29 heavy (non-hydrogen) atoms. The SMILES string of the molecule is O=C1CCCCC1CC1CCCC2=C1N1c3ccccc3NC13CCCCC3C2. The molecule has 4 unspecified atom stereocenters. The fourth-order valence-corrected chi connectivity index (χ4v) is 7.42. The molecule has 2 heterocycles. The van der Waals surface area contributed by atoms with E-state index in [1.165, 1.54) is 69.2 Å². The van der Waals surface area contributed by atoms with Crippen molar-refractivity contribution in [2.75, 3.05) is 10.2 Å². The lowest BCUT2D eigenvalue weighted by molar-refractivity contribution is -0.125. The number of anilines is 2. The molecule has 0 amide bonds. The highest BCUT2D eigenvalue weighted by Crippen LogP contribution is 2.58. The van der Waals surface area contributed by atoms with Gasteiger partial charge >= 0.3 is 0 Å². The standard InChI is InChI=1S/C26H34N2O/c29-24-14-4-1-8-18(24)16-19-9-7-10-20-17-21-11-5-6-15-26(21)27-22-12-2-3-13-23(22)28(26)25(19)20/h2-3,12-13,18-19,21,27H,1,4-11,14-17H2. The Morgan fingerprint density at radius 2 is 1.83 bits per heavy atom. The van der Waals surface area contributed by atoms with E-state index < -0.39 is 0 Å². The number of fused-ring (bicyclic) bond motifs is 3. The number of allylic oxidation sites excluding steroid dienone is 2. The first-order valence-electron chi connectivity index (χ1n) is 12.2. The summed E-state index contributed by atoms with van der Waals surface area (Å²) in [6.45, 7) is 0. The minimum Gasteiger partial charge on any atom is -0.360 e. The van der Waals surface area contributed by atoms with Gasteiger partial charge in [0.2, 0.25) is 0 Å². The van der Waals surface area contributed by atoms with Gasteiger partial charge in [0.25, 0.3) is 0 Å². The predicted octanol–water partition coefficient (Wildman–Crippen LogP) is 6.41. The number of nitrogens with one attached hydrogen (secondary N) is 1. The summed E-state index contributed by atoms with van der Waals surface area (Å²) in [5.41, 5.74) is 6.17. The second kappa shape index (κ2) is 6.89. The van der Waals surface area contributed by atoms with E-state index >= 15 is 0 Å². The zero-order valence-corrected chi connectivity index (χ0v) is 17.6. The summed E-state index contributed by atoms with van der Waals surface area (Å²) in [6.07, 6.45) is 15.8. The molecule has 6 rings (SSSR count). The molecule has 4 atom stereocenters. The maximum atomic E-state index is 12.6. The zero-order valence-electron chi connectivity index (χ0n) is 17.6. The lowest BCUT2D eigenvalue weighted by Crippen LogP contribution is -2.61. The molecule has 2 fully saturated rings. The van der Waals surface area contributed by atoms with Crippen molar-refractivity contribution >= 4 is 17.2 Å². The second-order valence-corrected chi connectivity index (χ2v) is 10.3. The molecule has 2 saturated carbocycles. The normalized spacial score (nSPS) is 36.1. The van der Waals surface area contributed by atoms with Crippen LogP contribution in [-0.2, 0) is 4.79 Å². The number of hydrogen-bond donors (Lipinski definition) is 1. The van der Waals surface area contributed by atoms with Crippen molar-refractivity contribution < 1.29 is 4.79 Å². The molecule has 5 aliphatic rings. The summed E-state index contributed by atoms with van der Waals surface area (Å²) in [7, 11) is 0. The van der Waals surface area contributed by atoms with E-state index in [4.69, 9.17) is 0 Å². The number of Topliss-reactive ketones (excluding diaryl/α,β-unsaturated/α-hetero) is 1. The van der Waals surface area contributed by atoms with Crippen molar-refractivity contribution in [3.05, 3.63) is 35.5 Å². The molecule has 3 aliphatic carbocycles. The first-order valence-corrected chi connectivity index (χ1v) is 12.2. The van der Waals surface area contributed by atoms with Gasteiger partial charge in [-0.25, -0.2) is 0 Å². The molecule has 154 valence electrons. The molecule has 0 bridgehead atoms. The van der Waals surface area contributed by atoms with Gasteiger partial charge in [-0.15, -0.1) is 0 Å². The van der Waals surface area contributed by atoms with Crippen molar-refractivity contribution in [2.45, 2.75) is 89.1 Å². The largest absolute Gasteiger partial charge is 0.360 e. The van der Waals surface area contributed by atoms with E-state index in [0.29, 0.717) is 17.6 Å². The van der Waals surface area contributed by atoms with Crippen LogP contribution >= 0.6 is 0 Å². The molecule has 1 N–H and O–H groups in total. The van der Waals surface area contributed by atoms with Crippen LogP contribution in [0.15, 0.2) is 35.5 Å². The van der Waals surface area contributed by atoms with Crippen LogP contribution in [0.1, 0.15) is 83.5 Å². The number of carbonyl (C=O) groups is 1. The van der Waals surface area contributed by atoms with Gasteiger partial charge in [0, 0.05) is 24.0 Å². The molecule has 3 nitrogen and oxygen atoms in total. The number of benzene rings is 1. The molecule has 3 heteroatoms. The highest BCUT2D eigenvalue weighted by atomic mass is 16.1. The zero-order chi connectivity index (χ0) is 19.4. The third kappa shape index (κ3) is 2.72. The van der Waals surface area contributed by atoms with Crippen LogP contribution in [0.2, 0.25) is 0 Å². The molecule has 0 radical (unpaired) electrons. The third-order valence-electron chi connectivity index (χ3n) is 8.69. The molecule has 0 aromatic heterocycles. The van der Waals surface area contributed by atoms with Crippen molar-refractivity contribution in [3.63, 3.8) is 0 Å². The lowest BCUT2D eigenvalue weighted by atomic mass is 9.67. The summed E-state index contributed by atoms with van der Waals surface area (Å²) in [5.74, 6) is 2.15. The van der Waals surface area contributed by atoms with Gasteiger partial charge in [-0.2, -0.15) is 0 Å². The van der Waals surface area contributed by atoms with Crippen LogP contribution in [0.25, 0.3) is 0 Å². The van der Waals surface area contributed by atoms with Crippen LogP contribution < -0.4 is 10.2 Å². The Hall–Kier alpha value is -1.77. The molecule has 0 saturated heterocycles. The van der Waals surface area contributed by atoms with Crippen molar-refractivity contribution in [1.82, 2.24) is 0 Å². The topological polar surface area (TPSA) is 32.3 Å². The van der Waals surface area contributed by atoms with E-state index in [0.717, 1.165) is 31.6 Å². The van der Waals surface area contributed by atoms with Crippen LogP contribution in [0, 0.1) is 17.8 Å². The second-order valence-electron chi connectivity index (χ2n) is 10.3. The summed E-state index contributed by atoms with van der Waals surface area (Å²) >= 11 is 0. The molecular formula is C26H34N2O. The van der Waals surface area contributed by atoms with Gasteiger partial charge in [-0.3, -0.25) is 4.79 Å². The lowest BCUT2D eigenvalue weighted by Gasteiger charge is -2.55. The van der Waals surface area contributed by atoms with E-state index in [1.54, 1.807) is 11.3 Å². The van der Waals surface area contributed by atoms with Crippen molar-refractivity contribution in [2.24, 2.45) is 17.8 Å². The number of carbonyl (C=O) groups excluding carboxylic acids is 1. The average molecular weight is 391 g/mol. The number of rotatable bonds is 2. The number of nitrogens with zero attached hydrogens (tertiary/aromatic N) is 1. The van der Waals surface area contributed by atoms with E-state index in [1.807, 2.05) is 0 Å². The van der Waals surface area contributed by atoms with Crippen LogP contribution in [-0.4, -0.2) is 11.4 Å². The highest BCUT2D eigenvalue weighted by molar-refractivity contribution is 5.83. The van der Waals surface area contributed by atoms with E-state index in [9.17, 15) is 4.79 Å². The monoisotopic (exact) mass is 390 g/mol. The van der Waals surface area contributed by atoms with Gasteiger partial charge in [0.15, 0.2) is 0 Å². The highest BCUT2D eigenvalue weighted by Gasteiger charge is 2.55. The summed E-state index contributed by atoms with van der Waals surface area (Å²) in [5, 5.41) is 4.04. The van der Waals surface area contributed by atoms with E-state index in [2.05, 4.69) is 34.5 Å². The fraction of sp³-hybridized carbons (Fsp3) is 0.654. The Kier molecular flexibility index (Phi) is 4.28. The maximum Gasteiger partial charge on any atom is 0.135 e. The number of ketones is 1. The maximum absolute atomic E-state index is 12.6. The Bertz CT molecular complexity index is 858. The predicted molar refractivity (Wildman–Crippen MR) is 118 cm³/mol. The quantitative estimate of drug-likeness (QED) is 0.633.